The third-order valence-corrected chi connectivity index (χ3v) is 8.22. The van der Waals surface area contributed by atoms with E-state index in [2.05, 4.69) is 35.3 Å². The van der Waals surface area contributed by atoms with Crippen LogP contribution >= 0.6 is 11.3 Å². The molecule has 0 unspecified atom stereocenters. The molecule has 2 heterocycles. The molecule has 12 nitrogen and oxygen atoms in total. The second-order valence-corrected chi connectivity index (χ2v) is 13.5. The Kier molecular flexibility index (Phi) is 15.8. The van der Waals surface area contributed by atoms with Crippen LogP contribution in [0.2, 0.25) is 0 Å². The van der Waals surface area contributed by atoms with Crippen LogP contribution in [0.4, 0.5) is 16.3 Å². The summed E-state index contributed by atoms with van der Waals surface area (Å²) < 4.78 is 34.1. The van der Waals surface area contributed by atoms with Gasteiger partial charge in [-0.05, 0) is 56.7 Å². The van der Waals surface area contributed by atoms with Gasteiger partial charge in [-0.25, -0.2) is 14.8 Å². The van der Waals surface area contributed by atoms with Crippen molar-refractivity contribution in [3.63, 3.8) is 0 Å². The van der Waals surface area contributed by atoms with Crippen LogP contribution in [0.3, 0.4) is 0 Å². The highest BCUT2D eigenvalue weighted by molar-refractivity contribution is 7.21. The summed E-state index contributed by atoms with van der Waals surface area (Å²) >= 11 is 1.58. The molecule has 0 radical (unpaired) electrons. The fourth-order valence-corrected chi connectivity index (χ4v) is 5.68. The number of hydrogen-bond donors (Lipinski definition) is 1. The smallest absolute Gasteiger partial charge is 0.414 e. The second kappa shape index (κ2) is 20.2. The first kappa shape index (κ1) is 39.1. The number of amides is 1. The molecular formula is C37H50N4O8S. The molecule has 0 aliphatic carbocycles. The largest absolute Gasteiger partial charge is 0.443 e. The van der Waals surface area contributed by atoms with Crippen LogP contribution < -0.4 is 9.80 Å². The average molecular weight is 711 g/mol. The Labute approximate surface area is 298 Å². The molecule has 0 saturated carbocycles. The monoisotopic (exact) mass is 710 g/mol. The first-order valence-corrected chi connectivity index (χ1v) is 17.6. The molecule has 4 rings (SSSR count). The summed E-state index contributed by atoms with van der Waals surface area (Å²) in [6, 6.07) is 18.2. The maximum Gasteiger partial charge on any atom is 0.414 e. The summed E-state index contributed by atoms with van der Waals surface area (Å²) in [6.07, 6.45) is 1.45. The molecule has 2 aromatic carbocycles. The molecule has 272 valence electrons. The van der Waals surface area contributed by atoms with Gasteiger partial charge in [-0.3, -0.25) is 4.90 Å². The van der Waals surface area contributed by atoms with Gasteiger partial charge in [0.15, 0.2) is 0 Å². The molecule has 50 heavy (non-hydrogen) atoms. The number of anilines is 2. The lowest BCUT2D eigenvalue weighted by atomic mass is 10.1. The van der Waals surface area contributed by atoms with Gasteiger partial charge in [-0.2, -0.15) is 0 Å². The van der Waals surface area contributed by atoms with Crippen LogP contribution in [0.25, 0.3) is 31.9 Å². The van der Waals surface area contributed by atoms with Crippen molar-refractivity contribution in [1.82, 2.24) is 9.97 Å². The zero-order valence-electron chi connectivity index (χ0n) is 29.8. The maximum atomic E-state index is 13.3. The van der Waals surface area contributed by atoms with Crippen molar-refractivity contribution in [2.45, 2.75) is 26.4 Å². The molecule has 0 atom stereocenters. The Morgan fingerprint density at radius 1 is 0.740 bits per heavy atom. The van der Waals surface area contributed by atoms with E-state index in [9.17, 15) is 4.79 Å². The lowest BCUT2D eigenvalue weighted by Crippen LogP contribution is -2.39. The van der Waals surface area contributed by atoms with Crippen LogP contribution in [-0.4, -0.2) is 120 Å². The van der Waals surface area contributed by atoms with E-state index in [1.54, 1.807) is 16.2 Å². The summed E-state index contributed by atoms with van der Waals surface area (Å²) in [5.74, 6) is 0.914. The SMILES string of the molecule is CN(C)c1ccc(-c2ccc(-c3nc4ccc(N(CCOCCOCCOCCOCCOCCO)C(=O)OC(C)(C)C)cc4s3)cc2)cn1. The number of carbonyl (C=O) groups excluding carboxylic acids is 1. The van der Waals surface area contributed by atoms with Crippen LogP contribution in [0.15, 0.2) is 60.8 Å². The number of thiazole rings is 1. The molecule has 1 amide bonds. The molecule has 4 aromatic rings. The summed E-state index contributed by atoms with van der Waals surface area (Å²) in [6.45, 7) is 10.0. The molecule has 0 spiro atoms. The third kappa shape index (κ3) is 12.9. The summed E-state index contributed by atoms with van der Waals surface area (Å²) in [4.78, 5) is 26.3. The molecule has 0 aliphatic heterocycles. The number of aromatic nitrogens is 2. The van der Waals surface area contributed by atoms with Gasteiger partial charge in [-0.1, -0.05) is 24.3 Å². The Morgan fingerprint density at radius 2 is 1.30 bits per heavy atom. The van der Waals surface area contributed by atoms with Crippen molar-refractivity contribution in [2.75, 3.05) is 103 Å². The van der Waals surface area contributed by atoms with Crippen molar-refractivity contribution < 1.29 is 38.3 Å². The zero-order chi connectivity index (χ0) is 35.8. The van der Waals surface area contributed by atoms with E-state index in [0.717, 1.165) is 37.7 Å². The standard InChI is InChI=1S/C37H50N4O8S/c1-37(2,3)49-36(43)41(14-16-44-18-20-46-22-24-48-25-23-47-21-19-45-17-15-42)31-11-12-32-33(26-31)50-35(39-32)29-8-6-28(7-9-29)30-10-13-34(38-27-30)40(4)5/h6-13,26-27,42H,14-25H2,1-5H3. The minimum Gasteiger partial charge on any atom is -0.443 e. The van der Waals surface area contributed by atoms with Gasteiger partial charge in [-0.15, -0.1) is 11.3 Å². The number of hydrogen-bond acceptors (Lipinski definition) is 12. The van der Waals surface area contributed by atoms with Gasteiger partial charge in [0, 0.05) is 37.1 Å². The van der Waals surface area contributed by atoms with Gasteiger partial charge in [0.05, 0.1) is 89.4 Å². The topological polar surface area (TPSA) is 125 Å². The van der Waals surface area contributed by atoms with Crippen LogP contribution in [0.5, 0.6) is 0 Å². The average Bonchev–Trinajstić information content (AvgIpc) is 3.53. The number of fused-ring (bicyclic) bond motifs is 1. The van der Waals surface area contributed by atoms with Gasteiger partial charge in [0.25, 0.3) is 0 Å². The van der Waals surface area contributed by atoms with E-state index in [1.165, 1.54) is 0 Å². The van der Waals surface area contributed by atoms with Crippen molar-refractivity contribution in [2.24, 2.45) is 0 Å². The fraction of sp³-hybridized carbons (Fsp3) is 0.486. The highest BCUT2D eigenvalue weighted by Gasteiger charge is 2.24. The molecule has 2 aromatic heterocycles. The predicted molar refractivity (Wildman–Crippen MR) is 197 cm³/mol. The van der Waals surface area contributed by atoms with Crippen molar-refractivity contribution >= 4 is 39.2 Å². The number of pyridine rings is 1. The van der Waals surface area contributed by atoms with Gasteiger partial charge < -0.3 is 38.4 Å². The zero-order valence-corrected chi connectivity index (χ0v) is 30.6. The Hall–Kier alpha value is -3.69. The molecule has 0 bridgehead atoms. The molecular weight excluding hydrogens is 660 g/mol. The molecule has 13 heteroatoms. The lowest BCUT2D eigenvalue weighted by Gasteiger charge is -2.27. The number of aliphatic hydroxyl groups excluding tert-OH is 1. The highest BCUT2D eigenvalue weighted by Crippen LogP contribution is 2.34. The first-order chi connectivity index (χ1) is 24.1. The third-order valence-electron chi connectivity index (χ3n) is 7.15. The maximum absolute atomic E-state index is 13.3. The van der Waals surface area contributed by atoms with Crippen LogP contribution in [-0.2, 0) is 28.4 Å². The van der Waals surface area contributed by atoms with E-state index in [0.29, 0.717) is 78.3 Å². The predicted octanol–water partition coefficient (Wildman–Crippen LogP) is 5.91. The minimum atomic E-state index is -0.648. The van der Waals surface area contributed by atoms with Crippen LogP contribution in [0.1, 0.15) is 20.8 Å². The van der Waals surface area contributed by atoms with E-state index >= 15 is 0 Å². The normalized spacial score (nSPS) is 11.6. The van der Waals surface area contributed by atoms with Gasteiger partial charge >= 0.3 is 6.09 Å². The summed E-state index contributed by atoms with van der Waals surface area (Å²) in [5, 5.41) is 9.56. The Balaban J connectivity index is 1.27. The van der Waals surface area contributed by atoms with E-state index in [-0.39, 0.29) is 6.61 Å². The molecule has 1 N–H and O–H groups in total. The molecule has 0 aliphatic rings. The second-order valence-electron chi connectivity index (χ2n) is 12.5. The number of rotatable bonds is 21. The van der Waals surface area contributed by atoms with Crippen LogP contribution in [0, 0.1) is 0 Å². The minimum absolute atomic E-state index is 0.00901. The van der Waals surface area contributed by atoms with E-state index < -0.39 is 11.7 Å². The van der Waals surface area contributed by atoms with Crippen molar-refractivity contribution in [1.29, 1.82) is 0 Å². The van der Waals surface area contributed by atoms with Gasteiger partial charge in [0.2, 0.25) is 0 Å². The van der Waals surface area contributed by atoms with Crippen molar-refractivity contribution in [3.8, 4) is 21.7 Å². The Morgan fingerprint density at radius 3 is 1.84 bits per heavy atom. The number of nitrogens with zero attached hydrogens (tertiary/aromatic N) is 4. The fourth-order valence-electron chi connectivity index (χ4n) is 4.68. The highest BCUT2D eigenvalue weighted by atomic mass is 32.1. The summed E-state index contributed by atoms with van der Waals surface area (Å²) in [7, 11) is 3.95. The molecule has 0 fully saturated rings. The van der Waals surface area contributed by atoms with Crippen molar-refractivity contribution in [3.05, 3.63) is 60.8 Å². The number of ether oxygens (including phenoxy) is 6. The Bertz CT molecular complexity index is 1580. The lowest BCUT2D eigenvalue weighted by molar-refractivity contribution is -0.0129. The van der Waals surface area contributed by atoms with E-state index in [1.807, 2.05) is 70.2 Å². The van der Waals surface area contributed by atoms with E-state index in [4.69, 9.17) is 38.5 Å². The molecule has 0 saturated heterocycles. The van der Waals surface area contributed by atoms with Gasteiger partial charge in [0.1, 0.15) is 16.4 Å². The first-order valence-electron chi connectivity index (χ1n) is 16.8. The number of benzene rings is 2. The number of carbonyl (C=O) groups is 1. The number of aliphatic hydroxyl groups is 1. The summed E-state index contributed by atoms with van der Waals surface area (Å²) in [5.41, 5.74) is 4.08. The quantitative estimate of drug-likeness (QED) is 0.104.